The lowest BCUT2D eigenvalue weighted by Gasteiger charge is -2.06. The Labute approximate surface area is 159 Å². The monoisotopic (exact) mass is 357 g/mol. The molecule has 0 bridgehead atoms. The molecule has 27 heavy (non-hydrogen) atoms. The molecule has 4 heteroatoms. The molecule has 0 N–H and O–H groups in total. The molecule has 0 fully saturated rings. The molecule has 0 amide bonds. The van der Waals surface area contributed by atoms with Crippen molar-refractivity contribution in [1.82, 2.24) is 15.1 Å². The number of unbranched alkanes of at least 4 members (excludes halogenated alkanes) is 1. The molecule has 0 unspecified atom stereocenters. The maximum atomic E-state index is 5.22. The summed E-state index contributed by atoms with van der Waals surface area (Å²) in [5.74, 6) is 1.23. The molecule has 4 rings (SSSR count). The van der Waals surface area contributed by atoms with Gasteiger partial charge in [0.2, 0.25) is 11.7 Å². The minimum absolute atomic E-state index is 0.590. The number of aromatic nitrogens is 3. The lowest BCUT2D eigenvalue weighted by atomic mass is 10.00. The van der Waals surface area contributed by atoms with Crippen molar-refractivity contribution < 1.29 is 4.52 Å². The molecule has 2 aromatic carbocycles. The third-order valence-corrected chi connectivity index (χ3v) is 4.82. The van der Waals surface area contributed by atoms with E-state index in [9.17, 15) is 0 Å². The highest BCUT2D eigenvalue weighted by atomic mass is 16.5. The first-order chi connectivity index (χ1) is 13.3. The van der Waals surface area contributed by atoms with Gasteiger partial charge in [-0.25, -0.2) is 0 Å². The van der Waals surface area contributed by atoms with E-state index < -0.39 is 0 Å². The molecule has 0 aliphatic carbocycles. The molecule has 0 radical (unpaired) electrons. The van der Waals surface area contributed by atoms with Gasteiger partial charge in [0.25, 0.3) is 0 Å². The van der Waals surface area contributed by atoms with Crippen LogP contribution in [0.3, 0.4) is 0 Å². The Hall–Kier alpha value is -3.01. The minimum atomic E-state index is 0.590. The summed E-state index contributed by atoms with van der Waals surface area (Å²) in [6.07, 6.45) is 6.13. The average Bonchev–Trinajstić information content (AvgIpc) is 3.21. The summed E-state index contributed by atoms with van der Waals surface area (Å²) in [5.41, 5.74) is 5.63. The molecule has 0 atom stereocenters. The van der Waals surface area contributed by atoms with E-state index in [-0.39, 0.29) is 0 Å². The average molecular weight is 357 g/mol. The van der Waals surface area contributed by atoms with Crippen molar-refractivity contribution in [3.05, 3.63) is 66.2 Å². The molecule has 2 aromatic heterocycles. The van der Waals surface area contributed by atoms with Gasteiger partial charge in [0.05, 0.1) is 5.52 Å². The van der Waals surface area contributed by atoms with Crippen molar-refractivity contribution >= 4 is 10.9 Å². The third-order valence-electron chi connectivity index (χ3n) is 4.82. The maximum absolute atomic E-state index is 5.22. The molecule has 0 saturated carbocycles. The van der Waals surface area contributed by atoms with E-state index in [0.717, 1.165) is 29.3 Å². The van der Waals surface area contributed by atoms with Crippen LogP contribution in [0.1, 0.15) is 38.1 Å². The van der Waals surface area contributed by atoms with Crippen molar-refractivity contribution in [2.24, 2.45) is 0 Å². The van der Waals surface area contributed by atoms with Gasteiger partial charge in [-0.2, -0.15) is 4.98 Å². The SMILES string of the molecule is CCCCc1ccc(-c2ccc3ncc(-c4noc(CC)n4)cc3c2)cc1. The van der Waals surface area contributed by atoms with Crippen molar-refractivity contribution in [2.75, 3.05) is 0 Å². The van der Waals surface area contributed by atoms with Crippen LogP contribution in [0.15, 0.2) is 59.3 Å². The van der Waals surface area contributed by atoms with Gasteiger partial charge < -0.3 is 4.52 Å². The van der Waals surface area contributed by atoms with Crippen LogP contribution < -0.4 is 0 Å². The van der Waals surface area contributed by atoms with E-state index in [1.807, 2.05) is 6.92 Å². The summed E-state index contributed by atoms with van der Waals surface area (Å²) in [6.45, 7) is 4.22. The summed E-state index contributed by atoms with van der Waals surface area (Å²) in [7, 11) is 0. The van der Waals surface area contributed by atoms with Crippen LogP contribution >= 0.6 is 0 Å². The van der Waals surface area contributed by atoms with Crippen LogP contribution in [-0.4, -0.2) is 15.1 Å². The molecule has 0 aliphatic rings. The van der Waals surface area contributed by atoms with Gasteiger partial charge in [0.15, 0.2) is 0 Å². The summed E-state index contributed by atoms with van der Waals surface area (Å²) in [6, 6.07) is 17.3. The number of hydrogen-bond acceptors (Lipinski definition) is 4. The quantitative estimate of drug-likeness (QED) is 0.434. The first-order valence-electron chi connectivity index (χ1n) is 9.59. The Morgan fingerprint density at radius 3 is 2.41 bits per heavy atom. The highest BCUT2D eigenvalue weighted by Crippen LogP contribution is 2.27. The maximum Gasteiger partial charge on any atom is 0.226 e. The first-order valence-corrected chi connectivity index (χ1v) is 9.59. The van der Waals surface area contributed by atoms with Gasteiger partial charge >= 0.3 is 0 Å². The van der Waals surface area contributed by atoms with Gasteiger partial charge in [0.1, 0.15) is 0 Å². The Balaban J connectivity index is 1.66. The lowest BCUT2D eigenvalue weighted by molar-refractivity contribution is 0.383. The third kappa shape index (κ3) is 3.75. The van der Waals surface area contributed by atoms with Crippen LogP contribution in [0.25, 0.3) is 33.4 Å². The molecule has 0 saturated heterocycles. The van der Waals surface area contributed by atoms with E-state index in [0.29, 0.717) is 11.7 Å². The fourth-order valence-corrected chi connectivity index (χ4v) is 3.19. The largest absolute Gasteiger partial charge is 0.339 e. The standard InChI is InChI=1S/C23H23N3O/c1-3-5-6-16-7-9-17(10-8-16)18-11-12-21-19(13-18)14-20(15-24-21)23-25-22(4-2)27-26-23/h7-15H,3-6H2,1-2H3. The molecule has 0 spiro atoms. The summed E-state index contributed by atoms with van der Waals surface area (Å²) < 4.78 is 5.22. The number of aryl methyl sites for hydroxylation is 2. The smallest absolute Gasteiger partial charge is 0.226 e. The van der Waals surface area contributed by atoms with Crippen LogP contribution in [0.2, 0.25) is 0 Å². The second-order valence-electron chi connectivity index (χ2n) is 6.80. The molecule has 136 valence electrons. The Bertz CT molecular complexity index is 1050. The highest BCUT2D eigenvalue weighted by Gasteiger charge is 2.09. The van der Waals surface area contributed by atoms with Crippen LogP contribution in [0, 0.1) is 0 Å². The molecule has 0 aliphatic heterocycles. The Morgan fingerprint density at radius 1 is 0.889 bits per heavy atom. The van der Waals surface area contributed by atoms with E-state index in [1.165, 1.54) is 29.5 Å². The van der Waals surface area contributed by atoms with E-state index in [1.54, 1.807) is 6.20 Å². The van der Waals surface area contributed by atoms with Crippen molar-refractivity contribution in [3.63, 3.8) is 0 Å². The lowest BCUT2D eigenvalue weighted by Crippen LogP contribution is -1.88. The minimum Gasteiger partial charge on any atom is -0.339 e. The summed E-state index contributed by atoms with van der Waals surface area (Å²) in [5, 5.41) is 5.12. The van der Waals surface area contributed by atoms with E-state index >= 15 is 0 Å². The van der Waals surface area contributed by atoms with Gasteiger partial charge in [-0.05, 0) is 47.7 Å². The summed E-state index contributed by atoms with van der Waals surface area (Å²) >= 11 is 0. The number of benzene rings is 2. The van der Waals surface area contributed by atoms with Gasteiger partial charge in [-0.3, -0.25) is 4.98 Å². The number of nitrogens with zero attached hydrogens (tertiary/aromatic N) is 3. The number of pyridine rings is 1. The van der Waals surface area contributed by atoms with Crippen molar-refractivity contribution in [1.29, 1.82) is 0 Å². The second-order valence-corrected chi connectivity index (χ2v) is 6.80. The van der Waals surface area contributed by atoms with Crippen LogP contribution in [0.4, 0.5) is 0 Å². The predicted molar refractivity (Wildman–Crippen MR) is 108 cm³/mol. The van der Waals surface area contributed by atoms with Crippen molar-refractivity contribution in [2.45, 2.75) is 39.5 Å². The molecule has 4 nitrogen and oxygen atoms in total. The number of hydrogen-bond donors (Lipinski definition) is 0. The van der Waals surface area contributed by atoms with Gasteiger partial charge in [-0.1, -0.05) is 55.8 Å². The fourth-order valence-electron chi connectivity index (χ4n) is 3.19. The predicted octanol–water partition coefficient (Wildman–Crippen LogP) is 5.86. The highest BCUT2D eigenvalue weighted by molar-refractivity contribution is 5.87. The number of rotatable bonds is 6. The summed E-state index contributed by atoms with van der Waals surface area (Å²) in [4.78, 5) is 8.96. The normalized spacial score (nSPS) is 11.2. The van der Waals surface area contributed by atoms with E-state index in [4.69, 9.17) is 4.52 Å². The van der Waals surface area contributed by atoms with E-state index in [2.05, 4.69) is 70.6 Å². The second kappa shape index (κ2) is 7.70. The van der Waals surface area contributed by atoms with Crippen LogP contribution in [-0.2, 0) is 12.8 Å². The zero-order valence-electron chi connectivity index (χ0n) is 15.8. The topological polar surface area (TPSA) is 51.8 Å². The molecular formula is C23H23N3O. The van der Waals surface area contributed by atoms with Crippen molar-refractivity contribution in [3.8, 4) is 22.5 Å². The molecular weight excluding hydrogens is 334 g/mol. The van der Waals surface area contributed by atoms with Gasteiger partial charge in [0, 0.05) is 23.6 Å². The van der Waals surface area contributed by atoms with Gasteiger partial charge in [-0.15, -0.1) is 0 Å². The van der Waals surface area contributed by atoms with Crippen LogP contribution in [0.5, 0.6) is 0 Å². The molecule has 4 aromatic rings. The molecule has 2 heterocycles. The zero-order valence-corrected chi connectivity index (χ0v) is 15.8. The zero-order chi connectivity index (χ0) is 18.6. The first kappa shape index (κ1) is 17.4. The Kier molecular flexibility index (Phi) is 4.97. The number of fused-ring (bicyclic) bond motifs is 1. The Morgan fingerprint density at radius 2 is 1.67 bits per heavy atom. The fraction of sp³-hybridized carbons (Fsp3) is 0.261.